The summed E-state index contributed by atoms with van der Waals surface area (Å²) in [5, 5.41) is 10.5. The molecule has 2 rings (SSSR count). The van der Waals surface area contributed by atoms with E-state index in [0.717, 1.165) is 5.69 Å². The molecular formula is C10H13N3. The number of aromatic nitrogens is 3. The van der Waals surface area contributed by atoms with Crippen molar-refractivity contribution in [3.8, 4) is 0 Å². The smallest absolute Gasteiger partial charge is 0.0901 e. The molecule has 1 N–H and O–H groups in total. The third kappa shape index (κ3) is 1.41. The quantitative estimate of drug-likeness (QED) is 0.709. The molecule has 0 aromatic carbocycles. The SMILES string of the molecule is CC1(C)C=CC=CC1c1c[nH]nn1. The molecule has 3 heteroatoms. The predicted octanol–water partition coefficient (Wildman–Crippen LogP) is 2.04. The zero-order valence-corrected chi connectivity index (χ0v) is 7.86. The Labute approximate surface area is 77.6 Å². The molecule has 3 nitrogen and oxygen atoms in total. The van der Waals surface area contributed by atoms with E-state index in [1.54, 1.807) is 0 Å². The molecular weight excluding hydrogens is 162 g/mol. The van der Waals surface area contributed by atoms with Gasteiger partial charge in [-0.1, -0.05) is 43.4 Å². The van der Waals surface area contributed by atoms with E-state index in [-0.39, 0.29) is 5.41 Å². The van der Waals surface area contributed by atoms with Gasteiger partial charge in [0.1, 0.15) is 0 Å². The van der Waals surface area contributed by atoms with Crippen LogP contribution in [0.1, 0.15) is 25.5 Å². The number of H-pyrrole nitrogens is 1. The van der Waals surface area contributed by atoms with Crippen LogP contribution < -0.4 is 0 Å². The Morgan fingerprint density at radius 3 is 2.85 bits per heavy atom. The molecule has 1 atom stereocenters. The van der Waals surface area contributed by atoms with Gasteiger partial charge in [-0.15, -0.1) is 5.10 Å². The van der Waals surface area contributed by atoms with Gasteiger partial charge in [-0.05, 0) is 5.41 Å². The number of aromatic amines is 1. The monoisotopic (exact) mass is 175 g/mol. The maximum atomic E-state index is 4.04. The van der Waals surface area contributed by atoms with Crippen LogP contribution in [0.4, 0.5) is 0 Å². The summed E-state index contributed by atoms with van der Waals surface area (Å²) in [6.45, 7) is 4.40. The fraction of sp³-hybridized carbons (Fsp3) is 0.400. The van der Waals surface area contributed by atoms with Crippen LogP contribution >= 0.6 is 0 Å². The Hall–Kier alpha value is -1.38. The molecule has 0 saturated heterocycles. The van der Waals surface area contributed by atoms with Gasteiger partial charge in [0.15, 0.2) is 0 Å². The topological polar surface area (TPSA) is 41.6 Å². The third-order valence-corrected chi connectivity index (χ3v) is 2.50. The lowest BCUT2D eigenvalue weighted by Gasteiger charge is -2.29. The van der Waals surface area contributed by atoms with Crippen molar-refractivity contribution < 1.29 is 0 Å². The van der Waals surface area contributed by atoms with E-state index < -0.39 is 0 Å². The average molecular weight is 175 g/mol. The van der Waals surface area contributed by atoms with Gasteiger partial charge in [0.05, 0.1) is 5.69 Å². The first kappa shape index (κ1) is 8.23. The summed E-state index contributed by atoms with van der Waals surface area (Å²) in [6.07, 6.45) is 10.4. The Morgan fingerprint density at radius 1 is 1.38 bits per heavy atom. The second kappa shape index (κ2) is 2.83. The molecule has 68 valence electrons. The molecule has 1 unspecified atom stereocenters. The van der Waals surface area contributed by atoms with E-state index in [9.17, 15) is 0 Å². The minimum absolute atomic E-state index is 0.131. The molecule has 1 aliphatic rings. The minimum atomic E-state index is 0.131. The summed E-state index contributed by atoms with van der Waals surface area (Å²) in [6, 6.07) is 0. The largest absolute Gasteiger partial charge is 0.265 e. The van der Waals surface area contributed by atoms with E-state index in [1.165, 1.54) is 0 Å². The lowest BCUT2D eigenvalue weighted by Crippen LogP contribution is -2.20. The van der Waals surface area contributed by atoms with Crippen LogP contribution in [0.3, 0.4) is 0 Å². The van der Waals surface area contributed by atoms with Crippen molar-refractivity contribution in [2.45, 2.75) is 19.8 Å². The van der Waals surface area contributed by atoms with Crippen molar-refractivity contribution in [3.05, 3.63) is 36.2 Å². The molecule has 0 bridgehead atoms. The number of nitrogens with zero attached hydrogens (tertiary/aromatic N) is 2. The average Bonchev–Trinajstić information content (AvgIpc) is 2.55. The van der Waals surface area contributed by atoms with Crippen molar-refractivity contribution in [3.63, 3.8) is 0 Å². The van der Waals surface area contributed by atoms with E-state index in [1.807, 2.05) is 6.20 Å². The molecule has 0 spiro atoms. The van der Waals surface area contributed by atoms with Crippen molar-refractivity contribution in [1.29, 1.82) is 0 Å². The third-order valence-electron chi connectivity index (χ3n) is 2.50. The van der Waals surface area contributed by atoms with Gasteiger partial charge in [-0.25, -0.2) is 0 Å². The van der Waals surface area contributed by atoms with E-state index in [2.05, 4.69) is 53.6 Å². The van der Waals surface area contributed by atoms with Gasteiger partial charge in [-0.2, -0.15) is 0 Å². The first-order chi connectivity index (χ1) is 6.20. The summed E-state index contributed by atoms with van der Waals surface area (Å²) < 4.78 is 0. The standard InChI is InChI=1S/C10H13N3/c1-10(2)6-4-3-5-8(10)9-7-11-13-12-9/h3-8H,1-2H3,(H,11,12,13). The molecule has 1 aromatic rings. The molecule has 0 amide bonds. The zero-order valence-electron chi connectivity index (χ0n) is 7.86. The van der Waals surface area contributed by atoms with E-state index >= 15 is 0 Å². The Morgan fingerprint density at radius 2 is 2.23 bits per heavy atom. The summed E-state index contributed by atoms with van der Waals surface area (Å²) in [4.78, 5) is 0. The second-order valence-electron chi connectivity index (χ2n) is 3.94. The summed E-state index contributed by atoms with van der Waals surface area (Å²) >= 11 is 0. The maximum Gasteiger partial charge on any atom is 0.0901 e. The number of allylic oxidation sites excluding steroid dienone is 4. The molecule has 0 aliphatic heterocycles. The van der Waals surface area contributed by atoms with Crippen LogP contribution in [0.15, 0.2) is 30.5 Å². The van der Waals surface area contributed by atoms with E-state index in [4.69, 9.17) is 0 Å². The highest BCUT2D eigenvalue weighted by Crippen LogP contribution is 2.38. The van der Waals surface area contributed by atoms with Gasteiger partial charge < -0.3 is 0 Å². The molecule has 1 heterocycles. The highest BCUT2D eigenvalue weighted by Gasteiger charge is 2.29. The van der Waals surface area contributed by atoms with Crippen LogP contribution in [0.25, 0.3) is 0 Å². The van der Waals surface area contributed by atoms with Crippen molar-refractivity contribution in [1.82, 2.24) is 15.4 Å². The number of hydrogen-bond donors (Lipinski definition) is 1. The Balaban J connectivity index is 2.34. The van der Waals surface area contributed by atoms with Crippen molar-refractivity contribution in [2.75, 3.05) is 0 Å². The van der Waals surface area contributed by atoms with Crippen LogP contribution in [0.5, 0.6) is 0 Å². The first-order valence-electron chi connectivity index (χ1n) is 4.42. The minimum Gasteiger partial charge on any atom is -0.265 e. The van der Waals surface area contributed by atoms with Crippen LogP contribution in [-0.4, -0.2) is 15.4 Å². The molecule has 0 radical (unpaired) electrons. The van der Waals surface area contributed by atoms with Gasteiger partial charge in [0.2, 0.25) is 0 Å². The van der Waals surface area contributed by atoms with Crippen LogP contribution in [0, 0.1) is 5.41 Å². The van der Waals surface area contributed by atoms with Gasteiger partial charge >= 0.3 is 0 Å². The van der Waals surface area contributed by atoms with Crippen LogP contribution in [-0.2, 0) is 0 Å². The lowest BCUT2D eigenvalue weighted by molar-refractivity contribution is 0.415. The first-order valence-corrected chi connectivity index (χ1v) is 4.42. The van der Waals surface area contributed by atoms with Crippen LogP contribution in [0.2, 0.25) is 0 Å². The summed E-state index contributed by atoms with van der Waals surface area (Å²) in [5.41, 5.74) is 1.14. The van der Waals surface area contributed by atoms with Crippen molar-refractivity contribution in [2.24, 2.45) is 5.41 Å². The number of hydrogen-bond acceptors (Lipinski definition) is 2. The fourth-order valence-corrected chi connectivity index (χ4v) is 1.67. The highest BCUT2D eigenvalue weighted by atomic mass is 15.3. The molecule has 13 heavy (non-hydrogen) atoms. The Bertz CT molecular complexity index is 333. The Kier molecular flexibility index (Phi) is 1.79. The van der Waals surface area contributed by atoms with Gasteiger partial charge in [-0.3, -0.25) is 5.10 Å². The highest BCUT2D eigenvalue weighted by molar-refractivity contribution is 5.27. The summed E-state index contributed by atoms with van der Waals surface area (Å²) in [7, 11) is 0. The van der Waals surface area contributed by atoms with E-state index in [0.29, 0.717) is 5.92 Å². The number of nitrogens with one attached hydrogen (secondary N) is 1. The normalized spacial score (nSPS) is 24.9. The zero-order chi connectivity index (χ0) is 9.31. The molecule has 0 fully saturated rings. The molecule has 1 aromatic heterocycles. The van der Waals surface area contributed by atoms with Crippen molar-refractivity contribution >= 4 is 0 Å². The molecule has 0 saturated carbocycles. The number of rotatable bonds is 1. The molecule has 1 aliphatic carbocycles. The summed E-state index contributed by atoms with van der Waals surface area (Å²) in [5.74, 6) is 0.330. The second-order valence-corrected chi connectivity index (χ2v) is 3.94. The fourth-order valence-electron chi connectivity index (χ4n) is 1.67. The predicted molar refractivity (Wildman–Crippen MR) is 51.2 cm³/mol. The van der Waals surface area contributed by atoms with Gasteiger partial charge in [0, 0.05) is 12.1 Å². The lowest BCUT2D eigenvalue weighted by atomic mass is 9.75. The van der Waals surface area contributed by atoms with Gasteiger partial charge in [0.25, 0.3) is 0 Å². The maximum absolute atomic E-state index is 4.04.